The average molecular weight is 238 g/mol. The van der Waals surface area contributed by atoms with E-state index in [4.69, 9.17) is 4.89 Å². The number of hydrogen-bond acceptors (Lipinski definition) is 4. The molecule has 0 aromatic heterocycles. The predicted molar refractivity (Wildman–Crippen MR) is 63.8 cm³/mol. The first-order chi connectivity index (χ1) is 7.59. The van der Waals surface area contributed by atoms with Crippen molar-refractivity contribution < 1.29 is 14.6 Å². The number of thioether (sulfide) groups is 1. The van der Waals surface area contributed by atoms with Crippen LogP contribution >= 0.6 is 11.8 Å². The molecule has 16 heavy (non-hydrogen) atoms. The molecule has 0 bridgehead atoms. The van der Waals surface area contributed by atoms with Crippen molar-refractivity contribution in [2.24, 2.45) is 0 Å². The summed E-state index contributed by atoms with van der Waals surface area (Å²) in [5.74, 6) is -0.541. The summed E-state index contributed by atoms with van der Waals surface area (Å²) in [6, 6.07) is 9.75. The van der Waals surface area contributed by atoms with Gasteiger partial charge in [0.25, 0.3) is 0 Å². The Morgan fingerprint density at radius 2 is 2.00 bits per heavy atom. The van der Waals surface area contributed by atoms with Crippen molar-refractivity contribution in [1.29, 1.82) is 0 Å². The highest BCUT2D eigenvalue weighted by molar-refractivity contribution is 7.99. The second-order valence-corrected chi connectivity index (χ2v) is 4.62. The molecule has 1 aromatic rings. The average Bonchev–Trinajstić information content (AvgIpc) is 2.27. The first kappa shape index (κ1) is 12.8. The number of rotatable bonds is 5. The summed E-state index contributed by atoms with van der Waals surface area (Å²) in [6.07, 6.45) is 0. The molecule has 0 radical (unpaired) electrons. The summed E-state index contributed by atoms with van der Waals surface area (Å²) < 4.78 is 0. The molecule has 0 aliphatic carbocycles. The number of carbonyl (C=O) groups excluding carboxylic acids is 1. The van der Waals surface area contributed by atoms with E-state index >= 15 is 0 Å². The lowest BCUT2D eigenvalue weighted by atomic mass is 10.4. The smallest absolute Gasteiger partial charge is 0.292 e. The van der Waals surface area contributed by atoms with Gasteiger partial charge < -0.3 is 0 Å². The summed E-state index contributed by atoms with van der Waals surface area (Å²) in [5, 5.41) is 0. The fourth-order valence-corrected chi connectivity index (χ4v) is 1.67. The van der Waals surface area contributed by atoms with Crippen LogP contribution < -0.4 is 0 Å². The standard InChI is InChI=1S/C12H14O3S/c1-9(2)12(13)15-14-10(3)16-11-7-5-4-6-8-11/h4-8,10H,1H2,2-3H3. The van der Waals surface area contributed by atoms with Crippen LogP contribution in [0.25, 0.3) is 0 Å². The molecule has 1 aromatic carbocycles. The third-order valence-corrected chi connectivity index (χ3v) is 2.61. The van der Waals surface area contributed by atoms with Gasteiger partial charge in [-0.15, -0.1) is 0 Å². The van der Waals surface area contributed by atoms with Gasteiger partial charge in [0.1, 0.15) is 0 Å². The second-order valence-electron chi connectivity index (χ2n) is 3.25. The predicted octanol–water partition coefficient (Wildman–Crippen LogP) is 3.18. The van der Waals surface area contributed by atoms with E-state index in [1.165, 1.54) is 11.8 Å². The molecule has 86 valence electrons. The molecule has 0 amide bonds. The topological polar surface area (TPSA) is 35.5 Å². The lowest BCUT2D eigenvalue weighted by Crippen LogP contribution is -2.10. The minimum Gasteiger partial charge on any atom is -0.292 e. The van der Waals surface area contributed by atoms with Gasteiger partial charge in [0.05, 0.1) is 0 Å². The van der Waals surface area contributed by atoms with Crippen LogP contribution in [0, 0.1) is 0 Å². The minimum atomic E-state index is -0.541. The van der Waals surface area contributed by atoms with Gasteiger partial charge >= 0.3 is 5.97 Å². The molecule has 0 saturated carbocycles. The molecule has 0 N–H and O–H groups in total. The quantitative estimate of drug-likeness (QED) is 0.259. The molecule has 4 heteroatoms. The van der Waals surface area contributed by atoms with E-state index < -0.39 is 5.97 Å². The van der Waals surface area contributed by atoms with Gasteiger partial charge in [-0.05, 0) is 26.0 Å². The zero-order valence-electron chi connectivity index (χ0n) is 9.30. The molecule has 1 atom stereocenters. The molecule has 0 heterocycles. The van der Waals surface area contributed by atoms with Crippen molar-refractivity contribution in [2.45, 2.75) is 24.2 Å². The Kier molecular flexibility index (Phi) is 5.08. The summed E-state index contributed by atoms with van der Waals surface area (Å²) in [5.41, 5.74) is 0.0580. The Balaban J connectivity index is 2.34. The third-order valence-electron chi connectivity index (χ3n) is 1.65. The van der Waals surface area contributed by atoms with Crippen molar-refractivity contribution in [1.82, 2.24) is 0 Å². The zero-order valence-corrected chi connectivity index (χ0v) is 10.1. The second kappa shape index (κ2) is 6.35. The third kappa shape index (κ3) is 4.51. The minimum absolute atomic E-state index is 0.259. The van der Waals surface area contributed by atoms with Crippen LogP contribution in [0.5, 0.6) is 0 Å². The molecular weight excluding hydrogens is 224 g/mol. The van der Waals surface area contributed by atoms with Crippen LogP contribution in [0.15, 0.2) is 47.4 Å². The van der Waals surface area contributed by atoms with Gasteiger partial charge in [-0.25, -0.2) is 4.79 Å². The first-order valence-electron chi connectivity index (χ1n) is 4.84. The van der Waals surface area contributed by atoms with E-state index in [1.807, 2.05) is 37.3 Å². The SMILES string of the molecule is C=C(C)C(=O)OOC(C)Sc1ccccc1. The van der Waals surface area contributed by atoms with Crippen LogP contribution in [0.3, 0.4) is 0 Å². The molecule has 0 spiro atoms. The maximum absolute atomic E-state index is 11.0. The van der Waals surface area contributed by atoms with Crippen LogP contribution in [0.1, 0.15) is 13.8 Å². The highest BCUT2D eigenvalue weighted by Gasteiger charge is 2.10. The molecule has 0 fully saturated rings. The summed E-state index contributed by atoms with van der Waals surface area (Å²) in [4.78, 5) is 21.6. The van der Waals surface area contributed by atoms with Crippen LogP contribution in [-0.4, -0.2) is 11.4 Å². The van der Waals surface area contributed by atoms with E-state index in [1.54, 1.807) is 6.92 Å². The Hall–Kier alpha value is -1.26. The molecule has 1 unspecified atom stereocenters. The van der Waals surface area contributed by atoms with Gasteiger partial charge in [0.15, 0.2) is 5.44 Å². The normalized spacial score (nSPS) is 11.9. The molecule has 0 aliphatic rings. The fourth-order valence-electron chi connectivity index (χ4n) is 0.893. The lowest BCUT2D eigenvalue weighted by molar-refractivity contribution is -0.273. The van der Waals surface area contributed by atoms with Crippen molar-refractivity contribution in [3.05, 3.63) is 42.5 Å². The highest BCUT2D eigenvalue weighted by atomic mass is 32.2. The summed E-state index contributed by atoms with van der Waals surface area (Å²) in [6.45, 7) is 6.83. The number of hydrogen-bond donors (Lipinski definition) is 0. The van der Waals surface area contributed by atoms with Crippen LogP contribution in [0.2, 0.25) is 0 Å². The molecular formula is C12H14O3S. The Morgan fingerprint density at radius 1 is 1.38 bits per heavy atom. The van der Waals surface area contributed by atoms with E-state index in [-0.39, 0.29) is 5.44 Å². The van der Waals surface area contributed by atoms with E-state index in [0.29, 0.717) is 5.57 Å². The van der Waals surface area contributed by atoms with Crippen LogP contribution in [-0.2, 0) is 14.6 Å². The Morgan fingerprint density at radius 3 is 2.56 bits per heavy atom. The van der Waals surface area contributed by atoms with Crippen molar-refractivity contribution in [2.75, 3.05) is 0 Å². The van der Waals surface area contributed by atoms with E-state index in [9.17, 15) is 4.79 Å². The van der Waals surface area contributed by atoms with Crippen molar-refractivity contribution >= 4 is 17.7 Å². The maximum Gasteiger partial charge on any atom is 0.368 e. The van der Waals surface area contributed by atoms with Crippen LogP contribution in [0.4, 0.5) is 0 Å². The molecule has 0 saturated heterocycles. The van der Waals surface area contributed by atoms with Crippen molar-refractivity contribution in [3.8, 4) is 0 Å². The molecule has 0 aliphatic heterocycles. The van der Waals surface area contributed by atoms with Gasteiger partial charge in [-0.3, -0.25) is 4.89 Å². The summed E-state index contributed by atoms with van der Waals surface area (Å²) >= 11 is 1.47. The number of benzene rings is 1. The van der Waals surface area contributed by atoms with E-state index in [0.717, 1.165) is 4.90 Å². The van der Waals surface area contributed by atoms with Gasteiger partial charge in [0, 0.05) is 10.5 Å². The lowest BCUT2D eigenvalue weighted by Gasteiger charge is -2.10. The van der Waals surface area contributed by atoms with Gasteiger partial charge in [-0.1, -0.05) is 36.5 Å². The fraction of sp³-hybridized carbons (Fsp3) is 0.250. The van der Waals surface area contributed by atoms with E-state index in [2.05, 4.69) is 11.5 Å². The van der Waals surface area contributed by atoms with Gasteiger partial charge in [0.2, 0.25) is 0 Å². The Bertz CT molecular complexity index is 362. The number of carbonyl (C=O) groups is 1. The summed E-state index contributed by atoms with van der Waals surface area (Å²) in [7, 11) is 0. The first-order valence-corrected chi connectivity index (χ1v) is 5.72. The molecule has 3 nitrogen and oxygen atoms in total. The maximum atomic E-state index is 11.0. The molecule has 1 rings (SSSR count). The monoisotopic (exact) mass is 238 g/mol. The Labute approximate surface area is 99.4 Å². The zero-order chi connectivity index (χ0) is 12.0. The van der Waals surface area contributed by atoms with Crippen molar-refractivity contribution in [3.63, 3.8) is 0 Å². The highest BCUT2D eigenvalue weighted by Crippen LogP contribution is 2.23. The van der Waals surface area contributed by atoms with Gasteiger partial charge in [-0.2, -0.15) is 4.89 Å². The largest absolute Gasteiger partial charge is 0.368 e.